The number of rotatable bonds is 5. The third-order valence-electron chi connectivity index (χ3n) is 4.62. The fourth-order valence-electron chi connectivity index (χ4n) is 2.98. The van der Waals surface area contributed by atoms with Gasteiger partial charge in [-0.15, -0.1) is 0 Å². The molecular formula is C24H21FO. The lowest BCUT2D eigenvalue weighted by Gasteiger charge is -2.15. The first kappa shape index (κ1) is 17.8. The van der Waals surface area contributed by atoms with E-state index in [0.717, 1.165) is 28.5 Å². The summed E-state index contributed by atoms with van der Waals surface area (Å²) < 4.78 is 13.2. The average Bonchev–Trinajstić information content (AvgIpc) is 2.67. The number of carbonyl (C=O) groups is 1. The molecule has 130 valence electrons. The van der Waals surface area contributed by atoms with Crippen LogP contribution in [0.15, 0.2) is 66.7 Å². The summed E-state index contributed by atoms with van der Waals surface area (Å²) >= 11 is 0. The molecule has 0 aliphatic heterocycles. The van der Waals surface area contributed by atoms with Gasteiger partial charge >= 0.3 is 0 Å². The van der Waals surface area contributed by atoms with Gasteiger partial charge in [-0.05, 0) is 41.3 Å². The normalized spacial score (nSPS) is 12.3. The molecule has 2 heteroatoms. The molecule has 1 nitrogen and oxygen atoms in total. The minimum Gasteiger partial charge on any atom is -0.298 e. The molecule has 0 fully saturated rings. The Morgan fingerprint density at radius 3 is 2.12 bits per heavy atom. The standard InChI is InChI=1S/C24H21FO/c1-17-3-5-19(6-4-17)7-8-20-9-10-22(16-26)24(15-20)18(2)21-11-13-23(25)14-12-21/h3-16,18H,1-2H3/b8-7+. The Bertz CT molecular complexity index is 921. The third kappa shape index (κ3) is 4.15. The third-order valence-corrected chi connectivity index (χ3v) is 4.62. The van der Waals surface area contributed by atoms with Gasteiger partial charge in [0.1, 0.15) is 12.1 Å². The van der Waals surface area contributed by atoms with Crippen molar-refractivity contribution in [1.82, 2.24) is 0 Å². The van der Waals surface area contributed by atoms with Gasteiger partial charge in [0.15, 0.2) is 0 Å². The van der Waals surface area contributed by atoms with E-state index < -0.39 is 0 Å². The zero-order valence-corrected chi connectivity index (χ0v) is 14.9. The Balaban J connectivity index is 1.92. The number of carbonyl (C=O) groups excluding carboxylic acids is 1. The van der Waals surface area contributed by atoms with E-state index in [4.69, 9.17) is 0 Å². The first-order valence-corrected chi connectivity index (χ1v) is 8.66. The van der Waals surface area contributed by atoms with Gasteiger partial charge in [-0.1, -0.05) is 79.2 Å². The maximum atomic E-state index is 13.2. The van der Waals surface area contributed by atoms with Crippen LogP contribution in [0, 0.1) is 12.7 Å². The summed E-state index contributed by atoms with van der Waals surface area (Å²) in [7, 11) is 0. The van der Waals surface area contributed by atoms with Crippen LogP contribution >= 0.6 is 0 Å². The van der Waals surface area contributed by atoms with Gasteiger partial charge in [0.2, 0.25) is 0 Å². The van der Waals surface area contributed by atoms with Crippen molar-refractivity contribution in [2.45, 2.75) is 19.8 Å². The second-order valence-corrected chi connectivity index (χ2v) is 6.52. The van der Waals surface area contributed by atoms with E-state index in [-0.39, 0.29) is 11.7 Å². The fourth-order valence-corrected chi connectivity index (χ4v) is 2.98. The monoisotopic (exact) mass is 344 g/mol. The molecule has 0 bridgehead atoms. The molecule has 0 aromatic heterocycles. The second kappa shape index (κ2) is 7.92. The van der Waals surface area contributed by atoms with Crippen molar-refractivity contribution in [2.24, 2.45) is 0 Å². The molecule has 0 aliphatic rings. The molecule has 1 atom stereocenters. The summed E-state index contributed by atoms with van der Waals surface area (Å²) in [5.74, 6) is -0.255. The van der Waals surface area contributed by atoms with E-state index in [9.17, 15) is 9.18 Å². The van der Waals surface area contributed by atoms with Gasteiger partial charge in [-0.25, -0.2) is 4.39 Å². The highest BCUT2D eigenvalue weighted by Gasteiger charge is 2.13. The van der Waals surface area contributed by atoms with Crippen molar-refractivity contribution in [1.29, 1.82) is 0 Å². The van der Waals surface area contributed by atoms with E-state index in [0.29, 0.717) is 5.56 Å². The summed E-state index contributed by atoms with van der Waals surface area (Å²) in [6, 6.07) is 20.6. The number of aldehydes is 1. The summed E-state index contributed by atoms with van der Waals surface area (Å²) in [6.45, 7) is 4.10. The number of benzene rings is 3. The van der Waals surface area contributed by atoms with Crippen LogP contribution in [0.25, 0.3) is 12.2 Å². The Hall–Kier alpha value is -3.00. The minimum absolute atomic E-state index is 0.00326. The smallest absolute Gasteiger partial charge is 0.150 e. The highest BCUT2D eigenvalue weighted by Crippen LogP contribution is 2.28. The second-order valence-electron chi connectivity index (χ2n) is 6.52. The van der Waals surface area contributed by atoms with Gasteiger partial charge in [-0.2, -0.15) is 0 Å². The van der Waals surface area contributed by atoms with Crippen LogP contribution in [0.1, 0.15) is 51.0 Å². The van der Waals surface area contributed by atoms with Gasteiger partial charge in [0.05, 0.1) is 0 Å². The molecule has 3 aromatic carbocycles. The summed E-state index contributed by atoms with van der Waals surface area (Å²) in [5.41, 5.74) is 5.97. The lowest BCUT2D eigenvalue weighted by atomic mass is 9.88. The highest BCUT2D eigenvalue weighted by molar-refractivity contribution is 5.80. The van der Waals surface area contributed by atoms with Crippen molar-refractivity contribution in [2.75, 3.05) is 0 Å². The summed E-state index contributed by atoms with van der Waals surface area (Å²) in [6.07, 6.45) is 4.98. The molecule has 0 N–H and O–H groups in total. The lowest BCUT2D eigenvalue weighted by molar-refractivity contribution is 0.112. The van der Waals surface area contributed by atoms with Gasteiger partial charge in [0.25, 0.3) is 0 Å². The Morgan fingerprint density at radius 2 is 1.46 bits per heavy atom. The van der Waals surface area contributed by atoms with E-state index >= 15 is 0 Å². The highest BCUT2D eigenvalue weighted by atomic mass is 19.1. The SMILES string of the molecule is Cc1ccc(/C=C/c2ccc(C=O)c(C(C)c3ccc(F)cc3)c2)cc1. The topological polar surface area (TPSA) is 17.1 Å². The van der Waals surface area contributed by atoms with Crippen LogP contribution in [0.4, 0.5) is 4.39 Å². The van der Waals surface area contributed by atoms with Crippen molar-refractivity contribution in [3.63, 3.8) is 0 Å². The number of hydrogen-bond donors (Lipinski definition) is 0. The van der Waals surface area contributed by atoms with Crippen LogP contribution in [0.3, 0.4) is 0 Å². The summed E-state index contributed by atoms with van der Waals surface area (Å²) in [5, 5.41) is 0. The van der Waals surface area contributed by atoms with Crippen LogP contribution < -0.4 is 0 Å². The van der Waals surface area contributed by atoms with Gasteiger partial charge < -0.3 is 0 Å². The molecule has 3 aromatic rings. The van der Waals surface area contributed by atoms with Crippen LogP contribution in [-0.4, -0.2) is 6.29 Å². The van der Waals surface area contributed by atoms with Crippen molar-refractivity contribution < 1.29 is 9.18 Å². The van der Waals surface area contributed by atoms with E-state index in [1.165, 1.54) is 17.7 Å². The van der Waals surface area contributed by atoms with Gasteiger partial charge in [0, 0.05) is 11.5 Å². The van der Waals surface area contributed by atoms with E-state index in [1.54, 1.807) is 12.1 Å². The predicted octanol–water partition coefficient (Wildman–Crippen LogP) is 6.27. The average molecular weight is 344 g/mol. The fraction of sp³-hybridized carbons (Fsp3) is 0.125. The minimum atomic E-state index is -0.258. The predicted molar refractivity (Wildman–Crippen MR) is 106 cm³/mol. The molecule has 1 unspecified atom stereocenters. The van der Waals surface area contributed by atoms with Crippen LogP contribution in [0.5, 0.6) is 0 Å². The van der Waals surface area contributed by atoms with E-state index in [2.05, 4.69) is 37.3 Å². The number of hydrogen-bond acceptors (Lipinski definition) is 1. The zero-order chi connectivity index (χ0) is 18.5. The molecule has 0 radical (unpaired) electrons. The molecular weight excluding hydrogens is 323 g/mol. The van der Waals surface area contributed by atoms with Crippen molar-refractivity contribution in [3.05, 3.63) is 106 Å². The quantitative estimate of drug-likeness (QED) is 0.394. The number of aryl methyl sites for hydroxylation is 1. The molecule has 0 heterocycles. The zero-order valence-electron chi connectivity index (χ0n) is 14.9. The van der Waals surface area contributed by atoms with Crippen LogP contribution in [-0.2, 0) is 0 Å². The van der Waals surface area contributed by atoms with Crippen LogP contribution in [0.2, 0.25) is 0 Å². The lowest BCUT2D eigenvalue weighted by Crippen LogP contribution is -2.01. The molecule has 0 aliphatic carbocycles. The van der Waals surface area contributed by atoms with E-state index in [1.807, 2.05) is 31.2 Å². The Labute approximate surface area is 153 Å². The maximum Gasteiger partial charge on any atom is 0.150 e. The Kier molecular flexibility index (Phi) is 5.43. The summed E-state index contributed by atoms with van der Waals surface area (Å²) in [4.78, 5) is 11.5. The van der Waals surface area contributed by atoms with Gasteiger partial charge in [-0.3, -0.25) is 4.79 Å². The van der Waals surface area contributed by atoms with Crippen molar-refractivity contribution in [3.8, 4) is 0 Å². The molecule has 0 spiro atoms. The molecule has 26 heavy (non-hydrogen) atoms. The molecule has 0 saturated heterocycles. The number of halogens is 1. The molecule has 3 rings (SSSR count). The first-order chi connectivity index (χ1) is 12.6. The largest absolute Gasteiger partial charge is 0.298 e. The van der Waals surface area contributed by atoms with Crippen molar-refractivity contribution >= 4 is 18.4 Å². The molecule has 0 amide bonds. The Morgan fingerprint density at radius 1 is 0.846 bits per heavy atom. The maximum absolute atomic E-state index is 13.2. The first-order valence-electron chi connectivity index (χ1n) is 8.66. The molecule has 0 saturated carbocycles.